The summed E-state index contributed by atoms with van der Waals surface area (Å²) >= 11 is 6.10. The van der Waals surface area contributed by atoms with Gasteiger partial charge in [0.05, 0.1) is 17.8 Å². The zero-order valence-electron chi connectivity index (χ0n) is 17.2. The van der Waals surface area contributed by atoms with Gasteiger partial charge in [-0.3, -0.25) is 0 Å². The standard InChI is InChI=1S/C24H27ClO4/c1-13(2)21-18(14-5-8-16(25)9-6-14)12-19-22(28-21)17-10-7-15(23(26)27)11-20(17)29-24(19,3)4/h5-11,13,18-19,21-22H,12H2,1-4H3,(H,26,27)/t18-,19+,21+,22-/m1/s1. The summed E-state index contributed by atoms with van der Waals surface area (Å²) in [7, 11) is 0. The Kier molecular flexibility index (Phi) is 5.12. The van der Waals surface area contributed by atoms with E-state index in [1.807, 2.05) is 18.2 Å². The molecule has 2 aromatic carbocycles. The summed E-state index contributed by atoms with van der Waals surface area (Å²) in [5.41, 5.74) is 1.93. The van der Waals surface area contributed by atoms with Crippen LogP contribution in [0.3, 0.4) is 0 Å². The third-order valence-electron chi connectivity index (χ3n) is 6.36. The Morgan fingerprint density at radius 2 is 1.86 bits per heavy atom. The molecular formula is C24H27ClO4. The number of halogens is 1. The highest BCUT2D eigenvalue weighted by Crippen LogP contribution is 2.54. The Hall–Kier alpha value is -2.04. The monoisotopic (exact) mass is 414 g/mol. The number of ether oxygens (including phenoxy) is 2. The molecule has 0 unspecified atom stereocenters. The quantitative estimate of drug-likeness (QED) is 0.659. The normalized spacial score (nSPS) is 27.7. The van der Waals surface area contributed by atoms with E-state index in [1.54, 1.807) is 12.1 Å². The molecule has 2 aromatic rings. The lowest BCUT2D eigenvalue weighted by Crippen LogP contribution is -2.51. The topological polar surface area (TPSA) is 55.8 Å². The van der Waals surface area contributed by atoms with Gasteiger partial charge in [-0.15, -0.1) is 0 Å². The molecule has 0 aromatic heterocycles. The summed E-state index contributed by atoms with van der Waals surface area (Å²) in [4.78, 5) is 11.4. The fraction of sp³-hybridized carbons (Fsp3) is 0.458. The fourth-order valence-corrected chi connectivity index (χ4v) is 4.96. The van der Waals surface area contributed by atoms with Gasteiger partial charge in [-0.05, 0) is 56.0 Å². The lowest BCUT2D eigenvalue weighted by atomic mass is 9.69. The Labute approximate surface area is 176 Å². The molecule has 5 heteroatoms. The van der Waals surface area contributed by atoms with Crippen molar-refractivity contribution in [1.29, 1.82) is 0 Å². The maximum absolute atomic E-state index is 11.4. The van der Waals surface area contributed by atoms with Crippen molar-refractivity contribution in [3.8, 4) is 5.75 Å². The number of fused-ring (bicyclic) bond motifs is 3. The molecular weight excluding hydrogens is 388 g/mol. The van der Waals surface area contributed by atoms with Crippen LogP contribution < -0.4 is 4.74 Å². The average molecular weight is 415 g/mol. The Morgan fingerprint density at radius 1 is 1.17 bits per heavy atom. The van der Waals surface area contributed by atoms with E-state index in [0.717, 1.165) is 17.0 Å². The van der Waals surface area contributed by atoms with Gasteiger partial charge in [0.2, 0.25) is 0 Å². The Balaban J connectivity index is 1.75. The Bertz CT molecular complexity index is 919. The maximum Gasteiger partial charge on any atom is 0.335 e. The van der Waals surface area contributed by atoms with Gasteiger partial charge in [-0.2, -0.15) is 0 Å². The highest BCUT2D eigenvalue weighted by atomic mass is 35.5. The summed E-state index contributed by atoms with van der Waals surface area (Å²) in [6, 6.07) is 13.2. The van der Waals surface area contributed by atoms with Crippen molar-refractivity contribution < 1.29 is 19.4 Å². The van der Waals surface area contributed by atoms with Crippen molar-refractivity contribution in [2.24, 2.45) is 11.8 Å². The van der Waals surface area contributed by atoms with Crippen LogP contribution in [0.15, 0.2) is 42.5 Å². The van der Waals surface area contributed by atoms with Crippen LogP contribution in [0.2, 0.25) is 5.02 Å². The van der Waals surface area contributed by atoms with E-state index < -0.39 is 11.6 Å². The van der Waals surface area contributed by atoms with Crippen LogP contribution in [0.25, 0.3) is 0 Å². The van der Waals surface area contributed by atoms with Crippen molar-refractivity contribution in [2.75, 3.05) is 0 Å². The van der Waals surface area contributed by atoms with E-state index in [2.05, 4.69) is 39.8 Å². The first-order chi connectivity index (χ1) is 13.7. The first-order valence-corrected chi connectivity index (χ1v) is 10.5. The average Bonchev–Trinajstić information content (AvgIpc) is 2.67. The number of benzene rings is 2. The second-order valence-electron chi connectivity index (χ2n) is 9.03. The lowest BCUT2D eigenvalue weighted by Gasteiger charge is -2.52. The second kappa shape index (κ2) is 7.33. The summed E-state index contributed by atoms with van der Waals surface area (Å²) in [5.74, 6) is 0.397. The molecule has 1 fully saturated rings. The predicted molar refractivity (Wildman–Crippen MR) is 113 cm³/mol. The number of carboxylic acids is 1. The molecule has 2 aliphatic heterocycles. The molecule has 0 radical (unpaired) electrons. The largest absolute Gasteiger partial charge is 0.487 e. The molecule has 4 nitrogen and oxygen atoms in total. The molecule has 4 atom stereocenters. The molecule has 2 heterocycles. The van der Waals surface area contributed by atoms with E-state index >= 15 is 0 Å². The number of rotatable bonds is 3. The summed E-state index contributed by atoms with van der Waals surface area (Å²) in [6.45, 7) is 8.51. The highest BCUT2D eigenvalue weighted by Gasteiger charge is 2.51. The third kappa shape index (κ3) is 3.64. The SMILES string of the molecule is CC(C)[C@@H]1O[C@@H]2c3ccc(C(=O)O)cc3OC(C)(C)[C@H]2C[C@@H]1c1ccc(Cl)cc1. The molecule has 1 N–H and O–H groups in total. The second-order valence-corrected chi connectivity index (χ2v) is 9.47. The third-order valence-corrected chi connectivity index (χ3v) is 6.61. The fourth-order valence-electron chi connectivity index (χ4n) is 4.84. The van der Waals surface area contributed by atoms with Crippen molar-refractivity contribution in [3.05, 3.63) is 64.2 Å². The minimum absolute atomic E-state index is 0.0540. The van der Waals surface area contributed by atoms with Gasteiger partial charge in [0, 0.05) is 22.4 Å². The van der Waals surface area contributed by atoms with Crippen LogP contribution >= 0.6 is 11.6 Å². The van der Waals surface area contributed by atoms with Crippen molar-refractivity contribution in [2.45, 2.75) is 57.8 Å². The van der Waals surface area contributed by atoms with Gasteiger partial charge in [0.15, 0.2) is 0 Å². The van der Waals surface area contributed by atoms with Crippen LogP contribution in [0, 0.1) is 11.8 Å². The zero-order valence-corrected chi connectivity index (χ0v) is 17.9. The van der Waals surface area contributed by atoms with Gasteiger partial charge in [0.1, 0.15) is 11.4 Å². The summed E-state index contributed by atoms with van der Waals surface area (Å²) < 4.78 is 13.1. The van der Waals surface area contributed by atoms with E-state index in [4.69, 9.17) is 21.1 Å². The van der Waals surface area contributed by atoms with Crippen LogP contribution in [0.5, 0.6) is 5.75 Å². The van der Waals surface area contributed by atoms with Crippen molar-refractivity contribution in [3.63, 3.8) is 0 Å². The number of carboxylic acid groups (broad SMARTS) is 1. The molecule has 0 bridgehead atoms. The number of hydrogen-bond donors (Lipinski definition) is 1. The van der Waals surface area contributed by atoms with E-state index in [0.29, 0.717) is 11.7 Å². The molecule has 2 aliphatic rings. The molecule has 0 amide bonds. The highest BCUT2D eigenvalue weighted by molar-refractivity contribution is 6.30. The molecule has 1 saturated heterocycles. The van der Waals surface area contributed by atoms with E-state index in [9.17, 15) is 9.90 Å². The lowest BCUT2D eigenvalue weighted by molar-refractivity contribution is -0.169. The van der Waals surface area contributed by atoms with Gasteiger partial charge < -0.3 is 14.6 Å². The van der Waals surface area contributed by atoms with Crippen molar-refractivity contribution >= 4 is 17.6 Å². The zero-order chi connectivity index (χ0) is 20.9. The van der Waals surface area contributed by atoms with Crippen LogP contribution in [-0.4, -0.2) is 22.8 Å². The van der Waals surface area contributed by atoms with Crippen LogP contribution in [0.1, 0.15) is 67.6 Å². The van der Waals surface area contributed by atoms with E-state index in [1.165, 1.54) is 5.56 Å². The molecule has 0 spiro atoms. The number of aromatic carboxylic acids is 1. The van der Waals surface area contributed by atoms with Gasteiger partial charge in [0.25, 0.3) is 0 Å². The smallest absolute Gasteiger partial charge is 0.335 e. The molecule has 4 rings (SSSR count). The van der Waals surface area contributed by atoms with Crippen molar-refractivity contribution in [1.82, 2.24) is 0 Å². The number of hydrogen-bond acceptors (Lipinski definition) is 3. The first-order valence-electron chi connectivity index (χ1n) is 10.1. The molecule has 0 saturated carbocycles. The molecule has 154 valence electrons. The number of carbonyl (C=O) groups is 1. The summed E-state index contributed by atoms with van der Waals surface area (Å²) in [5, 5.41) is 10.1. The first kappa shape index (κ1) is 20.2. The molecule has 0 aliphatic carbocycles. The van der Waals surface area contributed by atoms with E-state index in [-0.39, 0.29) is 29.6 Å². The summed E-state index contributed by atoms with van der Waals surface area (Å²) in [6.07, 6.45) is 0.869. The Morgan fingerprint density at radius 3 is 2.48 bits per heavy atom. The minimum Gasteiger partial charge on any atom is -0.487 e. The van der Waals surface area contributed by atoms with Crippen LogP contribution in [0.4, 0.5) is 0 Å². The maximum atomic E-state index is 11.4. The van der Waals surface area contributed by atoms with Gasteiger partial charge in [-0.25, -0.2) is 4.79 Å². The predicted octanol–water partition coefficient (Wildman–Crippen LogP) is 6.10. The molecule has 29 heavy (non-hydrogen) atoms. The van der Waals surface area contributed by atoms with Crippen LogP contribution in [-0.2, 0) is 4.74 Å². The van der Waals surface area contributed by atoms with Gasteiger partial charge in [-0.1, -0.05) is 43.6 Å². The van der Waals surface area contributed by atoms with Gasteiger partial charge >= 0.3 is 5.97 Å². The minimum atomic E-state index is -0.955.